The van der Waals surface area contributed by atoms with Crippen LogP contribution in [0.3, 0.4) is 0 Å². The number of sulfone groups is 1. The molecular formula is C7H12N4O2S. The van der Waals surface area contributed by atoms with Gasteiger partial charge in [-0.2, -0.15) is 0 Å². The summed E-state index contributed by atoms with van der Waals surface area (Å²) in [6.45, 7) is 1.79. The number of aromatic nitrogens is 3. The van der Waals surface area contributed by atoms with Crippen molar-refractivity contribution in [1.29, 1.82) is 0 Å². The Bertz CT molecular complexity index is 450. The van der Waals surface area contributed by atoms with E-state index in [9.17, 15) is 8.42 Å². The van der Waals surface area contributed by atoms with Crippen molar-refractivity contribution < 1.29 is 8.42 Å². The SMILES string of the molecule is Cc1c(N)nnn1C1CCS(=O)(=O)C1. The summed E-state index contributed by atoms with van der Waals surface area (Å²) in [6, 6.07) is -0.0928. The summed E-state index contributed by atoms with van der Waals surface area (Å²) in [5, 5.41) is 7.54. The first kappa shape index (κ1) is 9.45. The van der Waals surface area contributed by atoms with Gasteiger partial charge in [-0.25, -0.2) is 13.1 Å². The van der Waals surface area contributed by atoms with Crippen LogP contribution in [0, 0.1) is 6.92 Å². The molecule has 1 aromatic rings. The average molecular weight is 216 g/mol. The third-order valence-corrected chi connectivity index (χ3v) is 4.27. The molecule has 14 heavy (non-hydrogen) atoms. The number of hydrogen-bond acceptors (Lipinski definition) is 5. The Hall–Kier alpha value is -1.11. The van der Waals surface area contributed by atoms with Crippen molar-refractivity contribution in [1.82, 2.24) is 15.0 Å². The van der Waals surface area contributed by atoms with E-state index in [2.05, 4.69) is 10.3 Å². The zero-order chi connectivity index (χ0) is 10.3. The van der Waals surface area contributed by atoms with Crippen LogP contribution >= 0.6 is 0 Å². The lowest BCUT2D eigenvalue weighted by atomic mass is 10.2. The van der Waals surface area contributed by atoms with Crippen molar-refractivity contribution in [3.05, 3.63) is 5.69 Å². The van der Waals surface area contributed by atoms with E-state index in [0.717, 1.165) is 5.69 Å². The largest absolute Gasteiger partial charge is 0.381 e. The van der Waals surface area contributed by atoms with Crippen LogP contribution in [0.15, 0.2) is 0 Å². The quantitative estimate of drug-likeness (QED) is 0.685. The number of nitrogens with two attached hydrogens (primary N) is 1. The second kappa shape index (κ2) is 2.94. The summed E-state index contributed by atoms with van der Waals surface area (Å²) >= 11 is 0. The van der Waals surface area contributed by atoms with Gasteiger partial charge in [-0.05, 0) is 13.3 Å². The summed E-state index contributed by atoms with van der Waals surface area (Å²) in [7, 11) is -2.88. The van der Waals surface area contributed by atoms with Gasteiger partial charge in [0.1, 0.15) is 0 Å². The first-order valence-corrected chi connectivity index (χ1v) is 6.19. The molecule has 1 aliphatic rings. The molecule has 0 amide bonds. The maximum absolute atomic E-state index is 11.2. The third kappa shape index (κ3) is 1.47. The first-order chi connectivity index (χ1) is 6.49. The minimum absolute atomic E-state index is 0.0928. The topological polar surface area (TPSA) is 90.9 Å². The zero-order valence-corrected chi connectivity index (χ0v) is 8.66. The minimum atomic E-state index is -2.88. The average Bonchev–Trinajstić information content (AvgIpc) is 2.59. The maximum atomic E-state index is 11.2. The second-order valence-corrected chi connectivity index (χ2v) is 5.79. The Balaban J connectivity index is 2.30. The Morgan fingerprint density at radius 3 is 2.71 bits per heavy atom. The zero-order valence-electron chi connectivity index (χ0n) is 7.84. The summed E-state index contributed by atoms with van der Waals surface area (Å²) in [5.74, 6) is 0.752. The molecule has 2 rings (SSSR count). The minimum Gasteiger partial charge on any atom is -0.381 e. The van der Waals surface area contributed by atoms with E-state index < -0.39 is 9.84 Å². The van der Waals surface area contributed by atoms with Crippen molar-refractivity contribution in [2.24, 2.45) is 0 Å². The van der Waals surface area contributed by atoms with Crippen LogP contribution < -0.4 is 5.73 Å². The summed E-state index contributed by atoms with van der Waals surface area (Å²) in [5.41, 5.74) is 6.27. The van der Waals surface area contributed by atoms with E-state index in [-0.39, 0.29) is 17.5 Å². The van der Waals surface area contributed by atoms with Crippen LogP contribution in [0.25, 0.3) is 0 Å². The van der Waals surface area contributed by atoms with Crippen LogP contribution in [-0.4, -0.2) is 34.9 Å². The molecule has 0 saturated carbocycles. The van der Waals surface area contributed by atoms with E-state index in [4.69, 9.17) is 5.73 Å². The van der Waals surface area contributed by atoms with Gasteiger partial charge in [0.2, 0.25) is 0 Å². The fourth-order valence-electron chi connectivity index (χ4n) is 1.67. The molecule has 6 nitrogen and oxygen atoms in total. The Morgan fingerprint density at radius 2 is 2.29 bits per heavy atom. The maximum Gasteiger partial charge on any atom is 0.168 e. The number of anilines is 1. The molecule has 1 aliphatic heterocycles. The van der Waals surface area contributed by atoms with Crippen molar-refractivity contribution in [2.75, 3.05) is 17.2 Å². The highest BCUT2D eigenvalue weighted by Gasteiger charge is 2.30. The number of nitrogen functional groups attached to an aromatic ring is 1. The van der Waals surface area contributed by atoms with Gasteiger partial charge in [0, 0.05) is 0 Å². The molecule has 2 heterocycles. The lowest BCUT2D eigenvalue weighted by Crippen LogP contribution is -2.14. The van der Waals surface area contributed by atoms with Crippen LogP contribution in [0.2, 0.25) is 0 Å². The molecule has 1 atom stereocenters. The fraction of sp³-hybridized carbons (Fsp3) is 0.714. The van der Waals surface area contributed by atoms with Crippen molar-refractivity contribution in [3.63, 3.8) is 0 Å². The summed E-state index contributed by atoms with van der Waals surface area (Å²) < 4.78 is 24.1. The molecule has 0 radical (unpaired) electrons. The van der Waals surface area contributed by atoms with Gasteiger partial charge in [-0.15, -0.1) is 5.10 Å². The molecule has 1 fully saturated rings. The molecule has 0 bridgehead atoms. The molecule has 0 aromatic carbocycles. The highest BCUT2D eigenvalue weighted by Crippen LogP contribution is 2.24. The van der Waals surface area contributed by atoms with E-state index in [1.165, 1.54) is 0 Å². The molecule has 1 unspecified atom stereocenters. The Kier molecular flexibility index (Phi) is 1.99. The Morgan fingerprint density at radius 1 is 1.57 bits per heavy atom. The van der Waals surface area contributed by atoms with Crippen molar-refractivity contribution in [2.45, 2.75) is 19.4 Å². The van der Waals surface area contributed by atoms with Crippen LogP contribution in [0.5, 0.6) is 0 Å². The van der Waals surface area contributed by atoms with Gasteiger partial charge in [0.15, 0.2) is 15.7 Å². The predicted molar refractivity (Wildman–Crippen MR) is 51.5 cm³/mol. The highest BCUT2D eigenvalue weighted by molar-refractivity contribution is 7.91. The van der Waals surface area contributed by atoms with Crippen molar-refractivity contribution >= 4 is 15.7 Å². The molecule has 1 saturated heterocycles. The molecule has 7 heteroatoms. The van der Waals surface area contributed by atoms with Gasteiger partial charge in [0.05, 0.1) is 23.2 Å². The van der Waals surface area contributed by atoms with Crippen molar-refractivity contribution in [3.8, 4) is 0 Å². The first-order valence-electron chi connectivity index (χ1n) is 4.37. The lowest BCUT2D eigenvalue weighted by molar-refractivity contribution is 0.474. The molecule has 1 aromatic heterocycles. The van der Waals surface area contributed by atoms with E-state index in [1.807, 2.05) is 0 Å². The third-order valence-electron chi connectivity index (χ3n) is 2.52. The molecule has 2 N–H and O–H groups in total. The van der Waals surface area contributed by atoms with Crippen LogP contribution in [0.4, 0.5) is 5.82 Å². The van der Waals surface area contributed by atoms with Gasteiger partial charge in [-0.1, -0.05) is 5.21 Å². The summed E-state index contributed by atoms with van der Waals surface area (Å²) in [6.07, 6.45) is 0.603. The Labute approximate surface area is 82.0 Å². The smallest absolute Gasteiger partial charge is 0.168 e. The normalized spacial score (nSPS) is 25.4. The number of nitrogens with zero attached hydrogens (tertiary/aromatic N) is 3. The van der Waals surface area contributed by atoms with Gasteiger partial charge < -0.3 is 5.73 Å². The molecule has 0 spiro atoms. The predicted octanol–water partition coefficient (Wildman–Crippen LogP) is -0.472. The standard InChI is InChI=1S/C7H12N4O2S/c1-5-7(8)9-10-11(5)6-2-3-14(12,13)4-6/h6H,2-4,8H2,1H3. The van der Waals surface area contributed by atoms with Gasteiger partial charge >= 0.3 is 0 Å². The lowest BCUT2D eigenvalue weighted by Gasteiger charge is -2.08. The monoisotopic (exact) mass is 216 g/mol. The fourth-order valence-corrected chi connectivity index (χ4v) is 3.36. The molecular weight excluding hydrogens is 204 g/mol. The highest BCUT2D eigenvalue weighted by atomic mass is 32.2. The van der Waals surface area contributed by atoms with Crippen LogP contribution in [-0.2, 0) is 9.84 Å². The summed E-state index contributed by atoms with van der Waals surface area (Å²) in [4.78, 5) is 0. The van der Waals surface area contributed by atoms with Gasteiger partial charge in [-0.3, -0.25) is 0 Å². The second-order valence-electron chi connectivity index (χ2n) is 3.56. The molecule has 78 valence electrons. The van der Waals surface area contributed by atoms with E-state index in [0.29, 0.717) is 12.2 Å². The number of rotatable bonds is 1. The van der Waals surface area contributed by atoms with E-state index in [1.54, 1.807) is 11.6 Å². The number of hydrogen-bond donors (Lipinski definition) is 1. The van der Waals surface area contributed by atoms with Gasteiger partial charge in [0.25, 0.3) is 0 Å². The van der Waals surface area contributed by atoms with E-state index >= 15 is 0 Å². The van der Waals surface area contributed by atoms with Crippen LogP contribution in [0.1, 0.15) is 18.2 Å². The molecule has 0 aliphatic carbocycles.